The number of Topliss-reactive ketones (excluding diaryl/α,β-unsaturated/α-hetero) is 1. The maximum atomic E-state index is 13.1. The van der Waals surface area contributed by atoms with Crippen molar-refractivity contribution < 1.29 is 9.18 Å². The first-order valence-electron chi connectivity index (χ1n) is 4.20. The summed E-state index contributed by atoms with van der Waals surface area (Å²) in [5.41, 5.74) is 6.19. The molecule has 0 amide bonds. The van der Waals surface area contributed by atoms with Crippen molar-refractivity contribution in [3.8, 4) is 0 Å². The molecule has 2 nitrogen and oxygen atoms in total. The summed E-state index contributed by atoms with van der Waals surface area (Å²) in [5.74, 6) is -0.847. The van der Waals surface area contributed by atoms with E-state index in [9.17, 15) is 9.18 Å². The Labute approximate surface area is 76.6 Å². The van der Waals surface area contributed by atoms with Crippen LogP contribution in [0.1, 0.15) is 22.8 Å². The number of nitrogens with two attached hydrogens (primary N) is 1. The number of carbonyl (C=O) groups excluding carboxylic acids is 1. The van der Waals surface area contributed by atoms with Gasteiger partial charge >= 0.3 is 0 Å². The van der Waals surface area contributed by atoms with Gasteiger partial charge in [0.2, 0.25) is 0 Å². The third-order valence-electron chi connectivity index (χ3n) is 1.92. The Morgan fingerprint density at radius 3 is 2.77 bits per heavy atom. The lowest BCUT2D eigenvalue weighted by molar-refractivity contribution is 0.0997. The van der Waals surface area contributed by atoms with Crippen molar-refractivity contribution in [2.75, 3.05) is 6.54 Å². The van der Waals surface area contributed by atoms with Crippen LogP contribution in [0.15, 0.2) is 18.2 Å². The second-order valence-corrected chi connectivity index (χ2v) is 2.80. The molecule has 70 valence electrons. The van der Waals surface area contributed by atoms with E-state index in [1.807, 2.05) is 6.92 Å². The number of rotatable bonds is 3. The van der Waals surface area contributed by atoms with Gasteiger partial charge in [-0.25, -0.2) is 4.39 Å². The molecule has 0 atom stereocenters. The molecule has 0 aliphatic carbocycles. The van der Waals surface area contributed by atoms with Crippen LogP contribution in [0.5, 0.6) is 0 Å². The predicted molar refractivity (Wildman–Crippen MR) is 49.2 cm³/mol. The Balaban J connectivity index is 3.11. The zero-order valence-corrected chi connectivity index (χ0v) is 7.51. The van der Waals surface area contributed by atoms with Crippen molar-refractivity contribution in [1.82, 2.24) is 0 Å². The molecular weight excluding hydrogens is 169 g/mol. The van der Waals surface area contributed by atoms with Crippen LogP contribution in [0, 0.1) is 5.82 Å². The Kier molecular flexibility index (Phi) is 3.14. The minimum absolute atomic E-state index is 0.0989. The second-order valence-electron chi connectivity index (χ2n) is 2.80. The van der Waals surface area contributed by atoms with E-state index in [1.165, 1.54) is 6.07 Å². The Morgan fingerprint density at radius 2 is 2.23 bits per heavy atom. The SMILES string of the molecule is CCc1ccc(F)c(C(=O)CN)c1. The Morgan fingerprint density at radius 1 is 1.54 bits per heavy atom. The number of ketones is 1. The average Bonchev–Trinajstić information content (AvgIpc) is 2.17. The molecule has 1 aromatic carbocycles. The Bertz CT molecular complexity index is 323. The minimum Gasteiger partial charge on any atom is -0.324 e. The molecule has 0 saturated carbocycles. The summed E-state index contributed by atoms with van der Waals surface area (Å²) in [7, 11) is 0. The number of carbonyl (C=O) groups is 1. The maximum absolute atomic E-state index is 13.1. The molecule has 0 spiro atoms. The molecule has 1 rings (SSSR count). The van der Waals surface area contributed by atoms with Crippen molar-refractivity contribution in [2.24, 2.45) is 5.73 Å². The van der Waals surface area contributed by atoms with Gasteiger partial charge < -0.3 is 5.73 Å². The molecule has 0 aliphatic rings. The van der Waals surface area contributed by atoms with E-state index in [4.69, 9.17) is 5.73 Å². The molecule has 2 N–H and O–H groups in total. The third-order valence-corrected chi connectivity index (χ3v) is 1.92. The van der Waals surface area contributed by atoms with Gasteiger partial charge in [-0.1, -0.05) is 13.0 Å². The zero-order valence-electron chi connectivity index (χ0n) is 7.51. The molecule has 0 saturated heterocycles. The van der Waals surface area contributed by atoms with Gasteiger partial charge in [0.15, 0.2) is 5.78 Å². The summed E-state index contributed by atoms with van der Waals surface area (Å²) >= 11 is 0. The first kappa shape index (κ1) is 9.86. The van der Waals surface area contributed by atoms with Gasteiger partial charge in [0, 0.05) is 0 Å². The summed E-state index contributed by atoms with van der Waals surface area (Å²) in [6, 6.07) is 4.54. The van der Waals surface area contributed by atoms with Crippen LogP contribution in [0.4, 0.5) is 4.39 Å². The molecule has 0 heterocycles. The van der Waals surface area contributed by atoms with Crippen molar-refractivity contribution >= 4 is 5.78 Å². The molecule has 3 heteroatoms. The van der Waals surface area contributed by atoms with Crippen molar-refractivity contribution in [3.05, 3.63) is 35.1 Å². The van der Waals surface area contributed by atoms with Gasteiger partial charge in [-0.3, -0.25) is 4.79 Å². The fourth-order valence-electron chi connectivity index (χ4n) is 1.12. The van der Waals surface area contributed by atoms with E-state index in [-0.39, 0.29) is 17.9 Å². The highest BCUT2D eigenvalue weighted by Gasteiger charge is 2.09. The van der Waals surface area contributed by atoms with E-state index >= 15 is 0 Å². The summed E-state index contributed by atoms with van der Waals surface area (Å²) in [5, 5.41) is 0. The standard InChI is InChI=1S/C10H12FNO/c1-2-7-3-4-9(11)8(5-7)10(13)6-12/h3-5H,2,6,12H2,1H3. The van der Waals surface area contributed by atoms with E-state index in [0.717, 1.165) is 12.0 Å². The van der Waals surface area contributed by atoms with Crippen molar-refractivity contribution in [2.45, 2.75) is 13.3 Å². The van der Waals surface area contributed by atoms with Crippen LogP contribution in [-0.2, 0) is 6.42 Å². The first-order chi connectivity index (χ1) is 6.19. The van der Waals surface area contributed by atoms with Crippen LogP contribution in [0.25, 0.3) is 0 Å². The number of halogens is 1. The topological polar surface area (TPSA) is 43.1 Å². The van der Waals surface area contributed by atoms with Crippen molar-refractivity contribution in [3.63, 3.8) is 0 Å². The van der Waals surface area contributed by atoms with Gasteiger partial charge in [-0.2, -0.15) is 0 Å². The fraction of sp³-hybridized carbons (Fsp3) is 0.300. The van der Waals surface area contributed by atoms with Crippen LogP contribution < -0.4 is 5.73 Å². The molecule has 0 aromatic heterocycles. The molecule has 0 unspecified atom stereocenters. The molecule has 13 heavy (non-hydrogen) atoms. The highest BCUT2D eigenvalue weighted by atomic mass is 19.1. The molecule has 0 radical (unpaired) electrons. The Hall–Kier alpha value is -1.22. The van der Waals surface area contributed by atoms with E-state index in [1.54, 1.807) is 12.1 Å². The smallest absolute Gasteiger partial charge is 0.179 e. The highest BCUT2D eigenvalue weighted by Crippen LogP contribution is 2.11. The molecule has 0 aliphatic heterocycles. The van der Waals surface area contributed by atoms with Gasteiger partial charge in [0.05, 0.1) is 12.1 Å². The summed E-state index contributed by atoms with van der Waals surface area (Å²) in [6.45, 7) is 1.80. The number of hydrogen-bond acceptors (Lipinski definition) is 2. The van der Waals surface area contributed by atoms with Crippen LogP contribution in [0.3, 0.4) is 0 Å². The first-order valence-corrected chi connectivity index (χ1v) is 4.20. The molecule has 1 aromatic rings. The summed E-state index contributed by atoms with van der Waals surface area (Å²) < 4.78 is 13.1. The van der Waals surface area contributed by atoms with Crippen LogP contribution in [0.2, 0.25) is 0 Å². The lowest BCUT2D eigenvalue weighted by atomic mass is 10.1. The minimum atomic E-state index is -0.493. The van der Waals surface area contributed by atoms with E-state index in [0.29, 0.717) is 0 Å². The normalized spacial score (nSPS) is 10.1. The van der Waals surface area contributed by atoms with Gasteiger partial charge in [0.1, 0.15) is 5.82 Å². The summed E-state index contributed by atoms with van der Waals surface area (Å²) in [4.78, 5) is 11.1. The number of benzene rings is 1. The largest absolute Gasteiger partial charge is 0.324 e. The molecule has 0 bridgehead atoms. The van der Waals surface area contributed by atoms with Crippen LogP contribution >= 0.6 is 0 Å². The molecule has 0 fully saturated rings. The zero-order chi connectivity index (χ0) is 9.84. The average molecular weight is 181 g/mol. The number of hydrogen-bond donors (Lipinski definition) is 1. The predicted octanol–water partition coefficient (Wildman–Crippen LogP) is 1.53. The lowest BCUT2D eigenvalue weighted by Gasteiger charge is -2.02. The van der Waals surface area contributed by atoms with Gasteiger partial charge in [0.25, 0.3) is 0 Å². The van der Waals surface area contributed by atoms with Gasteiger partial charge in [-0.15, -0.1) is 0 Å². The fourth-order valence-corrected chi connectivity index (χ4v) is 1.12. The third kappa shape index (κ3) is 2.12. The van der Waals surface area contributed by atoms with Crippen LogP contribution in [-0.4, -0.2) is 12.3 Å². The monoisotopic (exact) mass is 181 g/mol. The van der Waals surface area contributed by atoms with E-state index < -0.39 is 5.82 Å². The van der Waals surface area contributed by atoms with Gasteiger partial charge in [-0.05, 0) is 24.1 Å². The number of aryl methyl sites for hydroxylation is 1. The summed E-state index contributed by atoms with van der Waals surface area (Å²) in [6.07, 6.45) is 0.783. The second kappa shape index (κ2) is 4.14. The maximum Gasteiger partial charge on any atom is 0.179 e. The van der Waals surface area contributed by atoms with E-state index in [2.05, 4.69) is 0 Å². The lowest BCUT2D eigenvalue weighted by Crippen LogP contribution is -2.15. The van der Waals surface area contributed by atoms with Crippen molar-refractivity contribution in [1.29, 1.82) is 0 Å². The highest BCUT2D eigenvalue weighted by molar-refractivity contribution is 5.97. The molecular formula is C10H12FNO. The quantitative estimate of drug-likeness (QED) is 0.718.